The lowest BCUT2D eigenvalue weighted by Gasteiger charge is -2.32. The van der Waals surface area contributed by atoms with Crippen LogP contribution in [0.4, 0.5) is 14.5 Å². The maximum absolute atomic E-state index is 13.5. The summed E-state index contributed by atoms with van der Waals surface area (Å²) < 4.78 is 26.6. The van der Waals surface area contributed by atoms with E-state index in [1.54, 1.807) is 6.07 Å². The van der Waals surface area contributed by atoms with Crippen molar-refractivity contribution in [2.45, 2.75) is 39.2 Å². The van der Waals surface area contributed by atoms with Crippen LogP contribution in [-0.2, 0) is 0 Å². The Kier molecular flexibility index (Phi) is 3.65. The number of rotatable bonds is 2. The predicted octanol–water partition coefficient (Wildman–Crippen LogP) is 4.20. The van der Waals surface area contributed by atoms with Gasteiger partial charge in [0.2, 0.25) is 0 Å². The topological polar surface area (TPSA) is 12.0 Å². The third-order valence-electron chi connectivity index (χ3n) is 3.49. The Bertz CT molecular complexity index is 382. The van der Waals surface area contributed by atoms with Crippen LogP contribution < -0.4 is 5.32 Å². The van der Waals surface area contributed by atoms with Gasteiger partial charge in [-0.2, -0.15) is 0 Å². The van der Waals surface area contributed by atoms with Crippen molar-refractivity contribution >= 4 is 5.69 Å². The second kappa shape index (κ2) is 5.03. The molecule has 0 aromatic heterocycles. The number of benzene rings is 1. The van der Waals surface area contributed by atoms with Crippen molar-refractivity contribution in [3.63, 3.8) is 0 Å². The Morgan fingerprint density at radius 1 is 1.06 bits per heavy atom. The van der Waals surface area contributed by atoms with Crippen LogP contribution in [-0.4, -0.2) is 6.04 Å². The highest BCUT2D eigenvalue weighted by atomic mass is 19.2. The van der Waals surface area contributed by atoms with Gasteiger partial charge in [0, 0.05) is 6.04 Å². The lowest BCUT2D eigenvalue weighted by atomic mass is 9.80. The van der Waals surface area contributed by atoms with E-state index in [1.165, 1.54) is 12.5 Å². The largest absolute Gasteiger partial charge is 0.380 e. The summed E-state index contributed by atoms with van der Waals surface area (Å²) in [4.78, 5) is 0. The van der Waals surface area contributed by atoms with Crippen LogP contribution in [0.3, 0.4) is 0 Å². The zero-order chi connectivity index (χ0) is 12.4. The maximum Gasteiger partial charge on any atom is 0.181 e. The minimum Gasteiger partial charge on any atom is -0.380 e. The van der Waals surface area contributed by atoms with Crippen LogP contribution in [0.15, 0.2) is 18.2 Å². The first-order chi connectivity index (χ1) is 8.06. The molecular formula is C14H19F2N. The highest BCUT2D eigenvalue weighted by Crippen LogP contribution is 2.31. The van der Waals surface area contributed by atoms with E-state index in [2.05, 4.69) is 19.2 Å². The Hall–Kier alpha value is -1.12. The number of halogens is 2. The second-order valence-corrected chi connectivity index (χ2v) is 5.36. The Balaban J connectivity index is 2.07. The van der Waals surface area contributed by atoms with Crippen LogP contribution in [0.1, 0.15) is 33.1 Å². The molecule has 2 unspecified atom stereocenters. The third-order valence-corrected chi connectivity index (χ3v) is 3.49. The van der Waals surface area contributed by atoms with E-state index in [9.17, 15) is 8.78 Å². The molecule has 0 radical (unpaired) electrons. The van der Waals surface area contributed by atoms with Crippen molar-refractivity contribution in [2.75, 3.05) is 5.32 Å². The summed E-state index contributed by atoms with van der Waals surface area (Å²) >= 11 is 0. The van der Waals surface area contributed by atoms with E-state index in [-0.39, 0.29) is 11.7 Å². The quantitative estimate of drug-likeness (QED) is 0.815. The Morgan fingerprint density at radius 3 is 2.35 bits per heavy atom. The molecule has 1 aliphatic carbocycles. The molecule has 1 fully saturated rings. The van der Waals surface area contributed by atoms with Crippen molar-refractivity contribution in [2.24, 2.45) is 11.8 Å². The van der Waals surface area contributed by atoms with Gasteiger partial charge in [-0.1, -0.05) is 19.9 Å². The van der Waals surface area contributed by atoms with Gasteiger partial charge in [0.1, 0.15) is 0 Å². The smallest absolute Gasteiger partial charge is 0.181 e. The van der Waals surface area contributed by atoms with Crippen molar-refractivity contribution in [1.82, 2.24) is 0 Å². The molecule has 0 spiro atoms. The monoisotopic (exact) mass is 239 g/mol. The average molecular weight is 239 g/mol. The number of nitrogens with one attached hydrogen (secondary N) is 1. The first-order valence-corrected chi connectivity index (χ1v) is 6.26. The van der Waals surface area contributed by atoms with Gasteiger partial charge in [0.25, 0.3) is 0 Å². The molecule has 1 N–H and O–H groups in total. The van der Waals surface area contributed by atoms with Crippen molar-refractivity contribution in [3.8, 4) is 0 Å². The molecule has 3 heteroatoms. The van der Waals surface area contributed by atoms with Gasteiger partial charge in [-0.05, 0) is 43.2 Å². The van der Waals surface area contributed by atoms with E-state index < -0.39 is 11.6 Å². The minimum absolute atomic E-state index is 0.255. The molecule has 17 heavy (non-hydrogen) atoms. The van der Waals surface area contributed by atoms with Crippen molar-refractivity contribution in [3.05, 3.63) is 29.8 Å². The fraction of sp³-hybridized carbons (Fsp3) is 0.571. The molecule has 1 saturated carbocycles. The molecule has 2 atom stereocenters. The van der Waals surface area contributed by atoms with Gasteiger partial charge in [-0.15, -0.1) is 0 Å². The van der Waals surface area contributed by atoms with Crippen LogP contribution in [0, 0.1) is 23.5 Å². The first kappa shape index (κ1) is 12.3. The van der Waals surface area contributed by atoms with Gasteiger partial charge in [0.05, 0.1) is 5.69 Å². The number of hydrogen-bond acceptors (Lipinski definition) is 1. The van der Waals surface area contributed by atoms with Crippen LogP contribution in [0.2, 0.25) is 0 Å². The lowest BCUT2D eigenvalue weighted by Crippen LogP contribution is -2.30. The molecule has 94 valence electrons. The van der Waals surface area contributed by atoms with Gasteiger partial charge in [0.15, 0.2) is 11.6 Å². The van der Waals surface area contributed by atoms with Gasteiger partial charge < -0.3 is 5.32 Å². The summed E-state index contributed by atoms with van der Waals surface area (Å²) in [5.41, 5.74) is 0.288. The molecule has 1 aromatic carbocycles. The fourth-order valence-electron chi connectivity index (χ4n) is 2.90. The lowest BCUT2D eigenvalue weighted by molar-refractivity contribution is 0.280. The molecule has 0 heterocycles. The number of anilines is 1. The summed E-state index contributed by atoms with van der Waals surface area (Å²) in [5.74, 6) is -0.258. The van der Waals surface area contributed by atoms with E-state index in [4.69, 9.17) is 0 Å². The maximum atomic E-state index is 13.5. The van der Waals surface area contributed by atoms with E-state index in [1.807, 2.05) is 0 Å². The van der Waals surface area contributed by atoms with Crippen LogP contribution in [0.5, 0.6) is 0 Å². The van der Waals surface area contributed by atoms with E-state index in [0.717, 1.165) is 18.9 Å². The molecule has 0 saturated heterocycles. The molecule has 0 amide bonds. The molecule has 1 aliphatic rings. The summed E-state index contributed by atoms with van der Waals surface area (Å²) in [5, 5.41) is 3.14. The third kappa shape index (κ3) is 2.96. The normalized spacial score (nSPS) is 29.1. The molecule has 0 bridgehead atoms. The standard InChI is InChI=1S/C14H19F2N/c1-9-6-10(2)8-11(7-9)17-13-5-3-4-12(15)14(13)16/h3-5,9-11,17H,6-8H2,1-2H3. The second-order valence-electron chi connectivity index (χ2n) is 5.36. The Labute approximate surface area is 101 Å². The zero-order valence-electron chi connectivity index (χ0n) is 10.3. The van der Waals surface area contributed by atoms with Crippen molar-refractivity contribution in [1.29, 1.82) is 0 Å². The average Bonchev–Trinajstić information content (AvgIpc) is 2.23. The van der Waals surface area contributed by atoms with Crippen LogP contribution >= 0.6 is 0 Å². The SMILES string of the molecule is CC1CC(C)CC(Nc2cccc(F)c2F)C1. The molecule has 0 aliphatic heterocycles. The summed E-state index contributed by atoms with van der Waals surface area (Å²) in [7, 11) is 0. The summed E-state index contributed by atoms with van der Waals surface area (Å²) in [6.45, 7) is 4.43. The minimum atomic E-state index is -0.785. The highest BCUT2D eigenvalue weighted by Gasteiger charge is 2.24. The first-order valence-electron chi connectivity index (χ1n) is 6.26. The highest BCUT2D eigenvalue weighted by molar-refractivity contribution is 5.45. The van der Waals surface area contributed by atoms with E-state index in [0.29, 0.717) is 11.8 Å². The summed E-state index contributed by atoms with van der Waals surface area (Å²) in [6, 6.07) is 4.54. The molecular weight excluding hydrogens is 220 g/mol. The van der Waals surface area contributed by atoms with Gasteiger partial charge in [-0.3, -0.25) is 0 Å². The summed E-state index contributed by atoms with van der Waals surface area (Å²) in [6.07, 6.45) is 3.28. The van der Waals surface area contributed by atoms with Gasteiger partial charge >= 0.3 is 0 Å². The van der Waals surface area contributed by atoms with E-state index >= 15 is 0 Å². The molecule has 1 nitrogen and oxygen atoms in total. The van der Waals surface area contributed by atoms with Crippen LogP contribution in [0.25, 0.3) is 0 Å². The Morgan fingerprint density at radius 2 is 1.71 bits per heavy atom. The molecule has 1 aromatic rings. The van der Waals surface area contributed by atoms with Crippen molar-refractivity contribution < 1.29 is 8.78 Å². The molecule has 2 rings (SSSR count). The zero-order valence-corrected chi connectivity index (χ0v) is 10.3. The fourth-order valence-corrected chi connectivity index (χ4v) is 2.90. The van der Waals surface area contributed by atoms with Gasteiger partial charge in [-0.25, -0.2) is 8.78 Å². The number of hydrogen-bond donors (Lipinski definition) is 1. The predicted molar refractivity (Wildman–Crippen MR) is 65.9 cm³/mol.